The van der Waals surface area contributed by atoms with Gasteiger partial charge in [0.05, 0.1) is 21.2 Å². The standard InChI is InChI=1S/C15H14ClN3O2S/c1-10(11-4-2-6-13(8-11)22(18,20)21)19-15-12(9-17)5-3-7-14(15)16/h2-8,10,19H,1H3,(H2,18,20,21). The molecular formula is C15H14ClN3O2S. The fourth-order valence-electron chi connectivity index (χ4n) is 2.02. The van der Waals surface area contributed by atoms with Crippen LogP contribution < -0.4 is 10.5 Å². The molecule has 0 aliphatic heterocycles. The van der Waals surface area contributed by atoms with E-state index in [-0.39, 0.29) is 10.9 Å². The first-order valence-electron chi connectivity index (χ1n) is 6.41. The van der Waals surface area contributed by atoms with E-state index < -0.39 is 10.0 Å². The Balaban J connectivity index is 2.35. The summed E-state index contributed by atoms with van der Waals surface area (Å²) in [5.74, 6) is 0. The highest BCUT2D eigenvalue weighted by Crippen LogP contribution is 2.29. The second kappa shape index (κ2) is 6.36. The highest BCUT2D eigenvalue weighted by molar-refractivity contribution is 7.89. The quantitative estimate of drug-likeness (QED) is 0.897. The van der Waals surface area contributed by atoms with Gasteiger partial charge in [0.2, 0.25) is 10.0 Å². The number of sulfonamides is 1. The predicted molar refractivity (Wildman–Crippen MR) is 86.0 cm³/mol. The SMILES string of the molecule is CC(Nc1c(Cl)cccc1C#N)c1cccc(S(N)(=O)=O)c1. The Hall–Kier alpha value is -2.07. The lowest BCUT2D eigenvalue weighted by atomic mass is 10.1. The number of nitrogens with zero attached hydrogens (tertiary/aromatic N) is 1. The molecule has 0 spiro atoms. The molecule has 5 nitrogen and oxygen atoms in total. The molecule has 0 amide bonds. The normalized spacial score (nSPS) is 12.5. The van der Waals surface area contributed by atoms with Gasteiger partial charge in [-0.3, -0.25) is 0 Å². The van der Waals surface area contributed by atoms with Crippen molar-refractivity contribution in [2.24, 2.45) is 5.14 Å². The van der Waals surface area contributed by atoms with Crippen molar-refractivity contribution < 1.29 is 8.42 Å². The second-order valence-electron chi connectivity index (χ2n) is 4.76. The molecule has 1 unspecified atom stereocenters. The first kappa shape index (κ1) is 16.3. The van der Waals surface area contributed by atoms with Crippen LogP contribution in [0, 0.1) is 11.3 Å². The average molecular weight is 336 g/mol. The Morgan fingerprint density at radius 3 is 2.59 bits per heavy atom. The van der Waals surface area contributed by atoms with E-state index >= 15 is 0 Å². The summed E-state index contributed by atoms with van der Waals surface area (Å²) < 4.78 is 22.8. The summed E-state index contributed by atoms with van der Waals surface area (Å²) in [5.41, 5.74) is 1.65. The van der Waals surface area contributed by atoms with Crippen LogP contribution in [0.25, 0.3) is 0 Å². The van der Waals surface area contributed by atoms with Gasteiger partial charge in [-0.1, -0.05) is 29.8 Å². The molecule has 2 rings (SSSR count). The lowest BCUT2D eigenvalue weighted by molar-refractivity contribution is 0.597. The van der Waals surface area contributed by atoms with Gasteiger partial charge in [0.1, 0.15) is 6.07 Å². The summed E-state index contributed by atoms with van der Waals surface area (Å²) in [5, 5.41) is 17.8. The van der Waals surface area contributed by atoms with Gasteiger partial charge < -0.3 is 5.32 Å². The van der Waals surface area contributed by atoms with Crippen molar-refractivity contribution in [1.29, 1.82) is 5.26 Å². The highest BCUT2D eigenvalue weighted by atomic mass is 35.5. The van der Waals surface area contributed by atoms with Gasteiger partial charge >= 0.3 is 0 Å². The molecule has 0 aliphatic rings. The second-order valence-corrected chi connectivity index (χ2v) is 6.73. The van der Waals surface area contributed by atoms with E-state index in [9.17, 15) is 8.42 Å². The number of hydrogen-bond acceptors (Lipinski definition) is 4. The molecule has 0 saturated carbocycles. The lowest BCUT2D eigenvalue weighted by Crippen LogP contribution is -2.14. The highest BCUT2D eigenvalue weighted by Gasteiger charge is 2.14. The number of benzene rings is 2. The number of anilines is 1. The van der Waals surface area contributed by atoms with Crippen LogP contribution in [-0.2, 0) is 10.0 Å². The molecule has 1 atom stereocenters. The van der Waals surface area contributed by atoms with E-state index in [1.54, 1.807) is 30.3 Å². The van der Waals surface area contributed by atoms with E-state index in [1.165, 1.54) is 12.1 Å². The number of primary sulfonamides is 1. The minimum atomic E-state index is -3.76. The van der Waals surface area contributed by atoms with Crippen LogP contribution in [0.2, 0.25) is 5.02 Å². The molecule has 0 saturated heterocycles. The zero-order valence-corrected chi connectivity index (χ0v) is 13.3. The van der Waals surface area contributed by atoms with Crippen molar-refractivity contribution in [3.8, 4) is 6.07 Å². The monoisotopic (exact) mass is 335 g/mol. The summed E-state index contributed by atoms with van der Waals surface area (Å²) >= 11 is 6.11. The molecule has 0 aliphatic carbocycles. The number of halogens is 1. The fourth-order valence-corrected chi connectivity index (χ4v) is 2.82. The molecule has 0 radical (unpaired) electrons. The molecule has 0 fully saturated rings. The number of nitriles is 1. The number of rotatable bonds is 4. The zero-order valence-electron chi connectivity index (χ0n) is 11.7. The van der Waals surface area contributed by atoms with Crippen LogP contribution in [0.5, 0.6) is 0 Å². The van der Waals surface area contributed by atoms with Crippen molar-refractivity contribution in [3.63, 3.8) is 0 Å². The molecule has 2 aromatic rings. The number of hydrogen-bond donors (Lipinski definition) is 2. The largest absolute Gasteiger partial charge is 0.376 e. The van der Waals surface area contributed by atoms with Gasteiger partial charge in [0.25, 0.3) is 0 Å². The molecule has 3 N–H and O–H groups in total. The maximum atomic E-state index is 11.4. The van der Waals surface area contributed by atoms with Gasteiger partial charge in [-0.15, -0.1) is 0 Å². The molecule has 0 bridgehead atoms. The first-order chi connectivity index (χ1) is 10.3. The summed E-state index contributed by atoms with van der Waals surface area (Å²) in [6.07, 6.45) is 0. The Bertz CT molecular complexity index is 844. The minimum Gasteiger partial charge on any atom is -0.376 e. The number of para-hydroxylation sites is 1. The van der Waals surface area contributed by atoms with Crippen molar-refractivity contribution >= 4 is 27.3 Å². The third kappa shape index (κ3) is 3.57. The van der Waals surface area contributed by atoms with Crippen LogP contribution >= 0.6 is 11.6 Å². The summed E-state index contributed by atoms with van der Waals surface area (Å²) in [6, 6.07) is 13.2. The molecule has 7 heteroatoms. The van der Waals surface area contributed by atoms with Crippen molar-refractivity contribution in [2.75, 3.05) is 5.32 Å². The van der Waals surface area contributed by atoms with Crippen LogP contribution in [0.1, 0.15) is 24.1 Å². The van der Waals surface area contributed by atoms with Crippen LogP contribution in [0.4, 0.5) is 5.69 Å². The molecule has 2 aromatic carbocycles. The Morgan fingerprint density at radius 2 is 1.95 bits per heavy atom. The van der Waals surface area contributed by atoms with Gasteiger partial charge in [0.15, 0.2) is 0 Å². The van der Waals surface area contributed by atoms with E-state index in [4.69, 9.17) is 22.0 Å². The van der Waals surface area contributed by atoms with E-state index in [2.05, 4.69) is 11.4 Å². The minimum absolute atomic E-state index is 0.0401. The Morgan fingerprint density at radius 1 is 1.27 bits per heavy atom. The van der Waals surface area contributed by atoms with Gasteiger partial charge in [-0.05, 0) is 36.8 Å². The van der Waals surface area contributed by atoms with Crippen LogP contribution in [-0.4, -0.2) is 8.42 Å². The van der Waals surface area contributed by atoms with Crippen molar-refractivity contribution in [2.45, 2.75) is 17.9 Å². The molecule has 22 heavy (non-hydrogen) atoms. The van der Waals surface area contributed by atoms with E-state index in [0.29, 0.717) is 16.3 Å². The van der Waals surface area contributed by atoms with Gasteiger partial charge in [0, 0.05) is 6.04 Å². The molecule has 0 heterocycles. The zero-order chi connectivity index (χ0) is 16.3. The maximum Gasteiger partial charge on any atom is 0.238 e. The smallest absolute Gasteiger partial charge is 0.238 e. The molecule has 0 aromatic heterocycles. The van der Waals surface area contributed by atoms with Gasteiger partial charge in [-0.2, -0.15) is 5.26 Å². The van der Waals surface area contributed by atoms with Crippen molar-refractivity contribution in [3.05, 3.63) is 58.6 Å². The average Bonchev–Trinajstić information content (AvgIpc) is 2.48. The fraction of sp³-hybridized carbons (Fsp3) is 0.133. The third-order valence-electron chi connectivity index (χ3n) is 3.18. The Labute approximate surface area is 134 Å². The van der Waals surface area contributed by atoms with Crippen LogP contribution in [0.3, 0.4) is 0 Å². The lowest BCUT2D eigenvalue weighted by Gasteiger charge is -2.18. The van der Waals surface area contributed by atoms with Crippen LogP contribution in [0.15, 0.2) is 47.4 Å². The number of nitrogens with one attached hydrogen (secondary N) is 1. The maximum absolute atomic E-state index is 11.4. The molecule has 114 valence electrons. The van der Waals surface area contributed by atoms with Crippen molar-refractivity contribution in [1.82, 2.24) is 0 Å². The summed E-state index contributed by atoms with van der Waals surface area (Å²) in [4.78, 5) is 0.0401. The van der Waals surface area contributed by atoms with E-state index in [0.717, 1.165) is 5.56 Å². The van der Waals surface area contributed by atoms with E-state index in [1.807, 2.05) is 6.92 Å². The number of nitrogens with two attached hydrogens (primary N) is 1. The Kier molecular flexibility index (Phi) is 4.71. The predicted octanol–water partition coefficient (Wildman–Crippen LogP) is 3.03. The molecular weight excluding hydrogens is 322 g/mol. The first-order valence-corrected chi connectivity index (χ1v) is 8.33. The summed E-state index contributed by atoms with van der Waals surface area (Å²) in [7, 11) is -3.76. The topological polar surface area (TPSA) is 96.0 Å². The third-order valence-corrected chi connectivity index (χ3v) is 4.41. The summed E-state index contributed by atoms with van der Waals surface area (Å²) in [6.45, 7) is 1.84. The van der Waals surface area contributed by atoms with Gasteiger partial charge in [-0.25, -0.2) is 13.6 Å².